The van der Waals surface area contributed by atoms with Gasteiger partial charge in [-0.05, 0) is 42.8 Å². The Hall–Kier alpha value is -3.67. The van der Waals surface area contributed by atoms with Gasteiger partial charge in [0.2, 0.25) is 0 Å². The molecule has 0 spiro atoms. The Labute approximate surface area is 162 Å². The molecule has 0 atom stereocenters. The summed E-state index contributed by atoms with van der Waals surface area (Å²) in [6, 6.07) is 17.4. The van der Waals surface area contributed by atoms with E-state index >= 15 is 0 Å². The molecule has 2 aromatic heterocycles. The van der Waals surface area contributed by atoms with Crippen molar-refractivity contribution in [2.24, 2.45) is 0 Å². The predicted octanol–water partition coefficient (Wildman–Crippen LogP) is 3.78. The lowest BCUT2D eigenvalue weighted by molar-refractivity contribution is 0.0947. The molecule has 4 rings (SSSR count). The fourth-order valence-corrected chi connectivity index (χ4v) is 2.92. The first kappa shape index (κ1) is 17.7. The van der Waals surface area contributed by atoms with E-state index in [4.69, 9.17) is 4.74 Å². The number of nitrogens with zero attached hydrogens (tertiary/aromatic N) is 2. The van der Waals surface area contributed by atoms with Crippen LogP contribution in [0.3, 0.4) is 0 Å². The fraction of sp³-hybridized carbons (Fsp3) is 0.136. The maximum absolute atomic E-state index is 12.5. The van der Waals surface area contributed by atoms with E-state index in [2.05, 4.69) is 20.5 Å². The van der Waals surface area contributed by atoms with Gasteiger partial charge in [-0.2, -0.15) is 5.10 Å². The number of H-pyrrole nitrogens is 1. The molecular weight excluding hydrogens is 352 g/mol. The number of fused-ring (bicyclic) bond motifs is 1. The average Bonchev–Trinajstić information content (AvgIpc) is 3.15. The maximum Gasteiger partial charge on any atom is 0.272 e. The highest BCUT2D eigenvalue weighted by molar-refractivity contribution is 6.04. The minimum Gasteiger partial charge on any atom is -0.489 e. The molecule has 0 saturated carbocycles. The van der Waals surface area contributed by atoms with Gasteiger partial charge in [0.15, 0.2) is 5.69 Å². The summed E-state index contributed by atoms with van der Waals surface area (Å²) in [7, 11) is 0. The third kappa shape index (κ3) is 4.01. The van der Waals surface area contributed by atoms with Gasteiger partial charge in [0.25, 0.3) is 5.91 Å². The quantitative estimate of drug-likeness (QED) is 0.540. The van der Waals surface area contributed by atoms with Crippen LogP contribution in [-0.2, 0) is 13.2 Å². The lowest BCUT2D eigenvalue weighted by Gasteiger charge is -2.08. The van der Waals surface area contributed by atoms with Crippen LogP contribution in [0.4, 0.5) is 0 Å². The Morgan fingerprint density at radius 2 is 1.96 bits per heavy atom. The van der Waals surface area contributed by atoms with Crippen LogP contribution in [0.25, 0.3) is 10.9 Å². The van der Waals surface area contributed by atoms with E-state index in [-0.39, 0.29) is 5.91 Å². The van der Waals surface area contributed by atoms with Crippen molar-refractivity contribution in [3.05, 3.63) is 89.4 Å². The molecule has 2 heterocycles. The van der Waals surface area contributed by atoms with E-state index in [9.17, 15) is 4.79 Å². The molecule has 4 aromatic rings. The van der Waals surface area contributed by atoms with Gasteiger partial charge in [0.05, 0.1) is 5.52 Å². The number of ether oxygens (including phenoxy) is 1. The summed E-state index contributed by atoms with van der Waals surface area (Å²) < 4.78 is 5.75. The van der Waals surface area contributed by atoms with Gasteiger partial charge < -0.3 is 10.1 Å². The van der Waals surface area contributed by atoms with Crippen LogP contribution in [-0.4, -0.2) is 21.1 Å². The molecule has 0 unspecified atom stereocenters. The lowest BCUT2D eigenvalue weighted by atomic mass is 10.1. The van der Waals surface area contributed by atoms with Crippen LogP contribution in [0.2, 0.25) is 0 Å². The minimum atomic E-state index is -0.200. The standard InChI is InChI=1S/C22H20N4O2/c1-15-4-9-20-19(11-15)21(26-25-20)22(27)24-13-16-5-7-18(8-6-16)28-14-17-3-2-10-23-12-17/h2-12H,13-14H2,1H3,(H,24,27)(H,25,26). The Morgan fingerprint density at radius 3 is 2.75 bits per heavy atom. The largest absolute Gasteiger partial charge is 0.489 e. The molecule has 0 bridgehead atoms. The van der Waals surface area contributed by atoms with Crippen molar-refractivity contribution in [3.8, 4) is 5.75 Å². The zero-order chi connectivity index (χ0) is 19.3. The number of carbonyl (C=O) groups excluding carboxylic acids is 1. The highest BCUT2D eigenvalue weighted by Crippen LogP contribution is 2.18. The van der Waals surface area contributed by atoms with Gasteiger partial charge in [-0.25, -0.2) is 0 Å². The van der Waals surface area contributed by atoms with E-state index in [1.165, 1.54) is 0 Å². The Balaban J connectivity index is 1.35. The summed E-state index contributed by atoms with van der Waals surface area (Å²) >= 11 is 0. The fourth-order valence-electron chi connectivity index (χ4n) is 2.92. The second-order valence-electron chi connectivity index (χ2n) is 6.60. The second-order valence-corrected chi connectivity index (χ2v) is 6.60. The zero-order valence-electron chi connectivity index (χ0n) is 15.5. The second kappa shape index (κ2) is 7.92. The first-order chi connectivity index (χ1) is 13.7. The van der Waals surface area contributed by atoms with Gasteiger partial charge in [0, 0.05) is 29.9 Å². The van der Waals surface area contributed by atoms with Crippen molar-refractivity contribution in [1.29, 1.82) is 0 Å². The van der Waals surface area contributed by atoms with Crippen molar-refractivity contribution in [2.75, 3.05) is 0 Å². The van der Waals surface area contributed by atoms with E-state index in [1.807, 2.05) is 61.5 Å². The summed E-state index contributed by atoms with van der Waals surface area (Å²) in [6.45, 7) is 2.88. The Kier molecular flexibility index (Phi) is 5.01. The number of aryl methyl sites for hydroxylation is 1. The van der Waals surface area contributed by atoms with Crippen molar-refractivity contribution in [2.45, 2.75) is 20.1 Å². The SMILES string of the molecule is Cc1ccc2[nH]nc(C(=O)NCc3ccc(OCc4cccnc4)cc3)c2c1. The molecule has 0 aliphatic carbocycles. The summed E-state index contributed by atoms with van der Waals surface area (Å²) in [5.74, 6) is 0.571. The number of pyridine rings is 1. The number of nitrogens with one attached hydrogen (secondary N) is 2. The first-order valence-electron chi connectivity index (χ1n) is 9.02. The van der Waals surface area contributed by atoms with Crippen molar-refractivity contribution in [3.63, 3.8) is 0 Å². The summed E-state index contributed by atoms with van der Waals surface area (Å²) in [4.78, 5) is 16.6. The number of aromatic amines is 1. The highest BCUT2D eigenvalue weighted by Gasteiger charge is 2.13. The molecule has 2 aromatic carbocycles. The van der Waals surface area contributed by atoms with Gasteiger partial charge in [-0.1, -0.05) is 29.8 Å². The van der Waals surface area contributed by atoms with Crippen LogP contribution >= 0.6 is 0 Å². The van der Waals surface area contributed by atoms with E-state index in [0.29, 0.717) is 18.8 Å². The molecule has 0 radical (unpaired) electrons. The summed E-state index contributed by atoms with van der Waals surface area (Å²) in [5, 5.41) is 10.8. The monoisotopic (exact) mass is 372 g/mol. The number of rotatable bonds is 6. The maximum atomic E-state index is 12.5. The van der Waals surface area contributed by atoms with E-state index in [0.717, 1.165) is 33.3 Å². The van der Waals surface area contributed by atoms with Crippen LogP contribution in [0.5, 0.6) is 5.75 Å². The number of hydrogen-bond donors (Lipinski definition) is 2. The molecular formula is C22H20N4O2. The molecule has 140 valence electrons. The molecule has 6 heteroatoms. The number of benzene rings is 2. The number of amides is 1. The van der Waals surface area contributed by atoms with Crippen molar-refractivity contribution >= 4 is 16.8 Å². The van der Waals surface area contributed by atoms with Gasteiger partial charge >= 0.3 is 0 Å². The Morgan fingerprint density at radius 1 is 1.11 bits per heavy atom. The molecule has 28 heavy (non-hydrogen) atoms. The molecule has 0 fully saturated rings. The smallest absolute Gasteiger partial charge is 0.272 e. The zero-order valence-corrected chi connectivity index (χ0v) is 15.5. The van der Waals surface area contributed by atoms with E-state index in [1.54, 1.807) is 12.4 Å². The molecule has 6 nitrogen and oxygen atoms in total. The molecule has 0 saturated heterocycles. The summed E-state index contributed by atoms with van der Waals surface area (Å²) in [6.07, 6.45) is 3.52. The number of hydrogen-bond acceptors (Lipinski definition) is 4. The minimum absolute atomic E-state index is 0.200. The number of aromatic nitrogens is 3. The molecule has 0 aliphatic heterocycles. The Bertz CT molecular complexity index is 1090. The van der Waals surface area contributed by atoms with Crippen LogP contribution < -0.4 is 10.1 Å². The van der Waals surface area contributed by atoms with Gasteiger partial charge in [0.1, 0.15) is 12.4 Å². The van der Waals surface area contributed by atoms with Crippen LogP contribution in [0.1, 0.15) is 27.2 Å². The van der Waals surface area contributed by atoms with Crippen molar-refractivity contribution < 1.29 is 9.53 Å². The predicted molar refractivity (Wildman–Crippen MR) is 107 cm³/mol. The third-order valence-corrected chi connectivity index (χ3v) is 4.44. The lowest BCUT2D eigenvalue weighted by Crippen LogP contribution is -2.23. The average molecular weight is 372 g/mol. The van der Waals surface area contributed by atoms with Crippen LogP contribution in [0.15, 0.2) is 67.0 Å². The first-order valence-corrected chi connectivity index (χ1v) is 9.02. The topological polar surface area (TPSA) is 79.9 Å². The van der Waals surface area contributed by atoms with E-state index < -0.39 is 0 Å². The molecule has 2 N–H and O–H groups in total. The third-order valence-electron chi connectivity index (χ3n) is 4.44. The van der Waals surface area contributed by atoms with Crippen LogP contribution in [0, 0.1) is 6.92 Å². The normalized spacial score (nSPS) is 10.8. The number of carbonyl (C=O) groups is 1. The molecule has 1 amide bonds. The van der Waals surface area contributed by atoms with Gasteiger partial charge in [-0.15, -0.1) is 0 Å². The molecule has 0 aliphatic rings. The van der Waals surface area contributed by atoms with Crippen molar-refractivity contribution in [1.82, 2.24) is 20.5 Å². The van der Waals surface area contributed by atoms with Gasteiger partial charge in [-0.3, -0.25) is 14.9 Å². The summed E-state index contributed by atoms with van der Waals surface area (Å²) in [5.41, 5.74) is 4.35. The highest BCUT2D eigenvalue weighted by atomic mass is 16.5.